The fourth-order valence-electron chi connectivity index (χ4n) is 0.731. The van der Waals surface area contributed by atoms with Crippen LogP contribution in [-0.4, -0.2) is 6.61 Å². The minimum Gasteiger partial charge on any atom is -0.429 e. The van der Waals surface area contributed by atoms with E-state index in [-0.39, 0.29) is 3.57 Å². The standard InChI is InChI=1S/C7H3F4IO/c8-4-1-3(12)2-5(9)6(4)13-7(10)11/h1-2,7H. The molecule has 0 atom stereocenters. The van der Waals surface area contributed by atoms with Gasteiger partial charge in [-0.05, 0) is 34.7 Å². The first-order valence-electron chi connectivity index (χ1n) is 3.10. The monoisotopic (exact) mass is 306 g/mol. The molecule has 1 rings (SSSR count). The van der Waals surface area contributed by atoms with Gasteiger partial charge in [0.1, 0.15) is 0 Å². The van der Waals surface area contributed by atoms with Gasteiger partial charge in [0, 0.05) is 3.57 Å². The fraction of sp³-hybridized carbons (Fsp3) is 0.143. The molecule has 0 radical (unpaired) electrons. The average Bonchev–Trinajstić information content (AvgIpc) is 1.96. The van der Waals surface area contributed by atoms with Crippen molar-refractivity contribution in [3.8, 4) is 5.75 Å². The van der Waals surface area contributed by atoms with E-state index in [4.69, 9.17) is 0 Å². The summed E-state index contributed by atoms with van der Waals surface area (Å²) in [5.41, 5.74) is 0. The van der Waals surface area contributed by atoms with E-state index in [9.17, 15) is 17.6 Å². The normalized spacial score (nSPS) is 10.6. The van der Waals surface area contributed by atoms with Crippen molar-refractivity contribution in [1.82, 2.24) is 0 Å². The van der Waals surface area contributed by atoms with E-state index < -0.39 is 24.0 Å². The molecule has 1 nitrogen and oxygen atoms in total. The maximum absolute atomic E-state index is 12.8. The first kappa shape index (κ1) is 10.6. The second kappa shape index (κ2) is 4.12. The molecule has 1 aromatic carbocycles. The molecule has 1 aromatic rings. The van der Waals surface area contributed by atoms with Crippen molar-refractivity contribution >= 4 is 22.6 Å². The fourth-order valence-corrected chi connectivity index (χ4v) is 1.28. The highest BCUT2D eigenvalue weighted by Crippen LogP contribution is 2.25. The van der Waals surface area contributed by atoms with Crippen molar-refractivity contribution in [3.05, 3.63) is 27.3 Å². The van der Waals surface area contributed by atoms with Crippen LogP contribution in [0.5, 0.6) is 5.75 Å². The van der Waals surface area contributed by atoms with Gasteiger partial charge >= 0.3 is 6.61 Å². The summed E-state index contributed by atoms with van der Waals surface area (Å²) in [4.78, 5) is 0. The second-order valence-corrected chi connectivity index (χ2v) is 3.32. The Morgan fingerprint density at radius 1 is 1.15 bits per heavy atom. The van der Waals surface area contributed by atoms with Crippen LogP contribution in [0.3, 0.4) is 0 Å². The second-order valence-electron chi connectivity index (χ2n) is 2.08. The third-order valence-corrected chi connectivity index (χ3v) is 1.79. The molecule has 13 heavy (non-hydrogen) atoms. The van der Waals surface area contributed by atoms with Crippen molar-refractivity contribution in [1.29, 1.82) is 0 Å². The molecule has 0 heterocycles. The van der Waals surface area contributed by atoms with E-state index in [0.29, 0.717) is 0 Å². The lowest BCUT2D eigenvalue weighted by Gasteiger charge is -2.06. The Morgan fingerprint density at radius 2 is 1.62 bits per heavy atom. The van der Waals surface area contributed by atoms with E-state index in [0.717, 1.165) is 12.1 Å². The van der Waals surface area contributed by atoms with E-state index in [1.54, 1.807) is 22.6 Å². The van der Waals surface area contributed by atoms with Crippen molar-refractivity contribution in [2.75, 3.05) is 0 Å². The molecule has 72 valence electrons. The molecule has 0 aliphatic rings. The Morgan fingerprint density at radius 3 is 2.00 bits per heavy atom. The van der Waals surface area contributed by atoms with Gasteiger partial charge < -0.3 is 4.74 Å². The number of halogens is 5. The van der Waals surface area contributed by atoms with Crippen molar-refractivity contribution < 1.29 is 22.3 Å². The average molecular weight is 306 g/mol. The van der Waals surface area contributed by atoms with E-state index in [1.165, 1.54) is 0 Å². The lowest BCUT2D eigenvalue weighted by atomic mass is 10.3. The van der Waals surface area contributed by atoms with Crippen LogP contribution in [0.25, 0.3) is 0 Å². The van der Waals surface area contributed by atoms with Crippen molar-refractivity contribution in [2.45, 2.75) is 6.61 Å². The van der Waals surface area contributed by atoms with Gasteiger partial charge in [-0.25, -0.2) is 8.78 Å². The highest BCUT2D eigenvalue weighted by atomic mass is 127. The molecule has 0 fully saturated rings. The maximum Gasteiger partial charge on any atom is 0.387 e. The van der Waals surface area contributed by atoms with Crippen LogP contribution in [0, 0.1) is 15.2 Å². The Labute approximate surface area is 84.8 Å². The Bertz CT molecular complexity index is 292. The molecule has 0 aliphatic carbocycles. The summed E-state index contributed by atoms with van der Waals surface area (Å²) < 4.78 is 52.7. The number of ether oxygens (including phenoxy) is 1. The van der Waals surface area contributed by atoms with E-state index >= 15 is 0 Å². The number of benzene rings is 1. The van der Waals surface area contributed by atoms with Gasteiger partial charge in [0.25, 0.3) is 0 Å². The number of hydrogen-bond acceptors (Lipinski definition) is 1. The number of hydrogen-bond donors (Lipinski definition) is 0. The molecule has 6 heteroatoms. The molecule has 0 saturated heterocycles. The molecular formula is C7H3F4IO. The van der Waals surface area contributed by atoms with Crippen LogP contribution in [0.15, 0.2) is 12.1 Å². The summed E-state index contributed by atoms with van der Waals surface area (Å²) in [7, 11) is 0. The van der Waals surface area contributed by atoms with Crippen molar-refractivity contribution in [3.63, 3.8) is 0 Å². The highest BCUT2D eigenvalue weighted by Gasteiger charge is 2.15. The predicted molar refractivity (Wildman–Crippen MR) is 45.7 cm³/mol. The van der Waals surface area contributed by atoms with Gasteiger partial charge in [-0.3, -0.25) is 0 Å². The first-order chi connectivity index (χ1) is 6.00. The summed E-state index contributed by atoms with van der Waals surface area (Å²) >= 11 is 1.66. The zero-order valence-corrected chi connectivity index (χ0v) is 8.19. The smallest absolute Gasteiger partial charge is 0.387 e. The van der Waals surface area contributed by atoms with Crippen LogP contribution in [0.1, 0.15) is 0 Å². The summed E-state index contributed by atoms with van der Waals surface area (Å²) in [6.07, 6.45) is 0. The molecule has 0 N–H and O–H groups in total. The lowest BCUT2D eigenvalue weighted by molar-refractivity contribution is -0.0546. The summed E-state index contributed by atoms with van der Waals surface area (Å²) in [5, 5.41) is 0. The number of rotatable bonds is 2. The topological polar surface area (TPSA) is 9.23 Å². The predicted octanol–water partition coefficient (Wildman–Crippen LogP) is 3.17. The highest BCUT2D eigenvalue weighted by molar-refractivity contribution is 14.1. The molecule has 0 bridgehead atoms. The summed E-state index contributed by atoms with van der Waals surface area (Å²) in [6, 6.07) is 1.81. The third-order valence-electron chi connectivity index (χ3n) is 1.17. The van der Waals surface area contributed by atoms with Crippen LogP contribution >= 0.6 is 22.6 Å². The van der Waals surface area contributed by atoms with E-state index in [1.807, 2.05) is 0 Å². The molecule has 0 aliphatic heterocycles. The van der Waals surface area contributed by atoms with Crippen LogP contribution in [0.2, 0.25) is 0 Å². The van der Waals surface area contributed by atoms with Crippen LogP contribution < -0.4 is 4.74 Å². The minimum atomic E-state index is -3.23. The van der Waals surface area contributed by atoms with Gasteiger partial charge in [-0.1, -0.05) is 0 Å². The first-order valence-corrected chi connectivity index (χ1v) is 4.18. The Hall–Kier alpha value is -0.530. The largest absolute Gasteiger partial charge is 0.429 e. The summed E-state index contributed by atoms with van der Waals surface area (Å²) in [6.45, 7) is -3.23. The van der Waals surface area contributed by atoms with Crippen LogP contribution in [0.4, 0.5) is 17.6 Å². The minimum absolute atomic E-state index is 0.272. The van der Waals surface area contributed by atoms with Gasteiger partial charge in [-0.15, -0.1) is 0 Å². The molecule has 0 spiro atoms. The SMILES string of the molecule is Fc1cc(I)cc(F)c1OC(F)F. The molecule has 0 saturated carbocycles. The maximum atomic E-state index is 12.8. The van der Waals surface area contributed by atoms with Gasteiger partial charge in [0.15, 0.2) is 17.4 Å². The van der Waals surface area contributed by atoms with Gasteiger partial charge in [0.2, 0.25) is 0 Å². The Kier molecular flexibility index (Phi) is 3.34. The van der Waals surface area contributed by atoms with Crippen molar-refractivity contribution in [2.24, 2.45) is 0 Å². The number of alkyl halides is 2. The third kappa shape index (κ3) is 2.71. The zero-order valence-electron chi connectivity index (χ0n) is 6.03. The quantitative estimate of drug-likeness (QED) is 0.602. The lowest BCUT2D eigenvalue weighted by Crippen LogP contribution is -2.05. The molecule has 0 aromatic heterocycles. The Balaban J connectivity index is 3.06. The van der Waals surface area contributed by atoms with E-state index in [2.05, 4.69) is 4.74 Å². The van der Waals surface area contributed by atoms with Gasteiger partial charge in [-0.2, -0.15) is 8.78 Å². The molecule has 0 unspecified atom stereocenters. The zero-order chi connectivity index (χ0) is 10.0. The molecular weight excluding hydrogens is 303 g/mol. The van der Waals surface area contributed by atoms with Crippen LogP contribution in [-0.2, 0) is 0 Å². The summed E-state index contributed by atoms with van der Waals surface area (Å²) in [5.74, 6) is -3.31. The molecule has 0 amide bonds. The van der Waals surface area contributed by atoms with Gasteiger partial charge in [0.05, 0.1) is 0 Å².